The Labute approximate surface area is 194 Å². The van der Waals surface area contributed by atoms with E-state index in [1.807, 2.05) is 37.4 Å². The van der Waals surface area contributed by atoms with Crippen LogP contribution >= 0.6 is 0 Å². The van der Waals surface area contributed by atoms with E-state index in [4.69, 9.17) is 4.84 Å². The highest BCUT2D eigenvalue weighted by Gasteiger charge is 2.40. The van der Waals surface area contributed by atoms with Gasteiger partial charge in [-0.05, 0) is 42.3 Å². The molecule has 1 unspecified atom stereocenters. The lowest BCUT2D eigenvalue weighted by atomic mass is 9.99. The third kappa shape index (κ3) is 4.43. The number of halogens is 4. The van der Waals surface area contributed by atoms with Crippen LogP contribution < -0.4 is 10.4 Å². The first-order valence-corrected chi connectivity index (χ1v) is 11.0. The molecule has 10 heteroatoms. The number of rotatable bonds is 4. The molecule has 0 amide bonds. The summed E-state index contributed by atoms with van der Waals surface area (Å²) in [6, 6.07) is 11.8. The number of benzene rings is 2. The second-order valence-corrected chi connectivity index (χ2v) is 8.52. The zero-order valence-electron chi connectivity index (χ0n) is 18.4. The van der Waals surface area contributed by atoms with Crippen LogP contribution in [0.2, 0.25) is 0 Å². The van der Waals surface area contributed by atoms with Crippen LogP contribution in [0.3, 0.4) is 0 Å². The van der Waals surface area contributed by atoms with Gasteiger partial charge in [-0.1, -0.05) is 30.3 Å². The monoisotopic (exact) mass is 473 g/mol. The summed E-state index contributed by atoms with van der Waals surface area (Å²) >= 11 is 0. The van der Waals surface area contributed by atoms with Crippen LogP contribution in [0.4, 0.5) is 35.0 Å². The van der Waals surface area contributed by atoms with Crippen molar-refractivity contribution in [2.24, 2.45) is 0 Å². The highest BCUT2D eigenvalue weighted by Crippen LogP contribution is 2.41. The minimum absolute atomic E-state index is 0.113. The number of nitrogens with zero attached hydrogens (tertiary/aromatic N) is 4. The zero-order valence-corrected chi connectivity index (χ0v) is 18.4. The normalized spacial score (nSPS) is 18.7. The molecule has 178 valence electrons. The summed E-state index contributed by atoms with van der Waals surface area (Å²) in [5.74, 6) is -1.06. The van der Waals surface area contributed by atoms with Crippen molar-refractivity contribution in [3.8, 4) is 0 Å². The molecule has 1 fully saturated rings. The van der Waals surface area contributed by atoms with E-state index in [0.717, 1.165) is 29.7 Å². The first-order valence-electron chi connectivity index (χ1n) is 11.0. The second-order valence-electron chi connectivity index (χ2n) is 8.52. The number of hydroxylamine groups is 1. The largest absolute Gasteiger partial charge is 0.421 e. The SMILES string of the molecule is CN1CCc2cc(F)c(Nc3ncc(C(F)(F)F)c(N4OCCC4c4ccccc4)n3)cc2C1. The molecular formula is C24H23F4N5O. The van der Waals surface area contributed by atoms with E-state index in [2.05, 4.69) is 20.2 Å². The van der Waals surface area contributed by atoms with E-state index in [1.165, 1.54) is 11.1 Å². The van der Waals surface area contributed by atoms with E-state index in [0.29, 0.717) is 19.2 Å². The Hall–Kier alpha value is -3.24. The predicted molar refractivity (Wildman–Crippen MR) is 119 cm³/mol. The van der Waals surface area contributed by atoms with Crippen LogP contribution in [0, 0.1) is 5.82 Å². The molecule has 1 aromatic heterocycles. The molecule has 2 aliphatic heterocycles. The van der Waals surface area contributed by atoms with E-state index >= 15 is 0 Å². The fourth-order valence-electron chi connectivity index (χ4n) is 4.39. The van der Waals surface area contributed by atoms with Crippen LogP contribution in [0.15, 0.2) is 48.7 Å². The maximum Gasteiger partial charge on any atom is 0.421 e. The van der Waals surface area contributed by atoms with Gasteiger partial charge in [0.1, 0.15) is 11.4 Å². The van der Waals surface area contributed by atoms with Gasteiger partial charge in [-0.2, -0.15) is 18.2 Å². The third-order valence-electron chi connectivity index (χ3n) is 6.11. The Kier molecular flexibility index (Phi) is 5.86. The zero-order chi connectivity index (χ0) is 23.9. The number of aromatic nitrogens is 2. The number of alkyl halides is 3. The molecule has 2 aliphatic rings. The molecule has 0 aliphatic carbocycles. The minimum atomic E-state index is -4.69. The van der Waals surface area contributed by atoms with Crippen LogP contribution in [0.5, 0.6) is 0 Å². The second kappa shape index (κ2) is 8.84. The molecule has 6 nitrogen and oxygen atoms in total. The Morgan fingerprint density at radius 2 is 1.91 bits per heavy atom. The van der Waals surface area contributed by atoms with Crippen molar-refractivity contribution in [2.75, 3.05) is 30.6 Å². The van der Waals surface area contributed by atoms with Gasteiger partial charge in [0.25, 0.3) is 0 Å². The van der Waals surface area contributed by atoms with Crippen LogP contribution in [-0.2, 0) is 24.0 Å². The molecule has 0 radical (unpaired) electrons. The fourth-order valence-corrected chi connectivity index (χ4v) is 4.39. The van der Waals surface area contributed by atoms with Crippen molar-refractivity contribution in [2.45, 2.75) is 31.6 Å². The van der Waals surface area contributed by atoms with Crippen molar-refractivity contribution in [3.63, 3.8) is 0 Å². The lowest BCUT2D eigenvalue weighted by Crippen LogP contribution is -2.27. The predicted octanol–water partition coefficient (Wildman–Crippen LogP) is 5.25. The van der Waals surface area contributed by atoms with Crippen LogP contribution in [0.1, 0.15) is 34.7 Å². The minimum Gasteiger partial charge on any atom is -0.322 e. The number of anilines is 3. The Bertz CT molecular complexity index is 1190. The fraction of sp³-hybridized carbons (Fsp3) is 0.333. The molecule has 5 rings (SSSR count). The number of likely N-dealkylation sites (N-methyl/N-ethyl adjacent to an activating group) is 1. The summed E-state index contributed by atoms with van der Waals surface area (Å²) in [5, 5.41) is 3.95. The summed E-state index contributed by atoms with van der Waals surface area (Å²) in [4.78, 5) is 15.7. The Morgan fingerprint density at radius 3 is 2.68 bits per heavy atom. The highest BCUT2D eigenvalue weighted by molar-refractivity contribution is 5.60. The van der Waals surface area contributed by atoms with E-state index < -0.39 is 29.4 Å². The lowest BCUT2D eigenvalue weighted by molar-refractivity contribution is -0.138. The van der Waals surface area contributed by atoms with E-state index in [-0.39, 0.29) is 18.2 Å². The average molecular weight is 473 g/mol. The van der Waals surface area contributed by atoms with Crippen molar-refractivity contribution in [3.05, 3.63) is 76.7 Å². The molecular weight excluding hydrogens is 450 g/mol. The van der Waals surface area contributed by atoms with Gasteiger partial charge >= 0.3 is 6.18 Å². The first-order chi connectivity index (χ1) is 16.3. The molecule has 1 atom stereocenters. The number of fused-ring (bicyclic) bond motifs is 1. The van der Waals surface area contributed by atoms with Gasteiger partial charge in [-0.25, -0.2) is 14.4 Å². The van der Waals surface area contributed by atoms with E-state index in [1.54, 1.807) is 6.07 Å². The maximum atomic E-state index is 14.8. The lowest BCUT2D eigenvalue weighted by Gasteiger charge is -2.27. The van der Waals surface area contributed by atoms with Crippen molar-refractivity contribution < 1.29 is 22.4 Å². The number of hydrogen-bond acceptors (Lipinski definition) is 6. The van der Waals surface area contributed by atoms with Gasteiger partial charge in [0.05, 0.1) is 18.3 Å². The summed E-state index contributed by atoms with van der Waals surface area (Å²) < 4.78 is 56.3. The van der Waals surface area contributed by atoms with Crippen LogP contribution in [0.25, 0.3) is 0 Å². The molecule has 1 N–H and O–H groups in total. The summed E-state index contributed by atoms with van der Waals surface area (Å²) in [6.07, 6.45) is -2.75. The van der Waals surface area contributed by atoms with Gasteiger partial charge in [-0.15, -0.1) is 0 Å². The van der Waals surface area contributed by atoms with Gasteiger partial charge in [0.15, 0.2) is 5.82 Å². The molecule has 34 heavy (non-hydrogen) atoms. The Balaban J connectivity index is 1.51. The quantitative estimate of drug-likeness (QED) is 0.523. The summed E-state index contributed by atoms with van der Waals surface area (Å²) in [7, 11) is 1.98. The highest BCUT2D eigenvalue weighted by atomic mass is 19.4. The average Bonchev–Trinajstić information content (AvgIpc) is 3.30. The van der Waals surface area contributed by atoms with Gasteiger partial charge in [0, 0.05) is 25.7 Å². The van der Waals surface area contributed by atoms with Gasteiger partial charge in [0.2, 0.25) is 5.95 Å². The standard InChI is InChI=1S/C24H23F4N5O/c1-32-9-7-16-11-19(25)20(12-17(16)14-32)30-23-29-13-18(24(26,27)28)22(31-23)33-21(8-10-34-33)15-5-3-2-4-6-15/h2-6,11-13,21H,7-10,14H2,1H3,(H,29,30,31). The molecule has 1 saturated heterocycles. The Morgan fingerprint density at radius 1 is 1.12 bits per heavy atom. The topological polar surface area (TPSA) is 53.5 Å². The van der Waals surface area contributed by atoms with Crippen molar-refractivity contribution >= 4 is 17.5 Å². The first kappa shape index (κ1) is 22.5. The summed E-state index contributed by atoms with van der Waals surface area (Å²) in [5.41, 5.74) is 1.78. The summed E-state index contributed by atoms with van der Waals surface area (Å²) in [6.45, 7) is 1.74. The maximum absolute atomic E-state index is 14.8. The molecule has 0 saturated carbocycles. The molecule has 3 aromatic rings. The van der Waals surface area contributed by atoms with E-state index in [9.17, 15) is 17.6 Å². The number of nitrogens with one attached hydrogen (secondary N) is 1. The van der Waals surface area contributed by atoms with Gasteiger partial charge < -0.3 is 10.2 Å². The molecule has 3 heterocycles. The number of hydrogen-bond donors (Lipinski definition) is 1. The third-order valence-corrected chi connectivity index (χ3v) is 6.11. The smallest absolute Gasteiger partial charge is 0.322 e. The molecule has 2 aromatic carbocycles. The van der Waals surface area contributed by atoms with Gasteiger partial charge in [-0.3, -0.25) is 4.84 Å². The van der Waals surface area contributed by atoms with Crippen LogP contribution in [-0.4, -0.2) is 35.1 Å². The van der Waals surface area contributed by atoms with Crippen molar-refractivity contribution in [1.82, 2.24) is 14.9 Å². The molecule has 0 bridgehead atoms. The van der Waals surface area contributed by atoms with Crippen molar-refractivity contribution in [1.29, 1.82) is 0 Å². The molecule has 0 spiro atoms.